The maximum Gasteiger partial charge on any atom is 0.244 e. The second-order valence-corrected chi connectivity index (χ2v) is 5.86. The summed E-state index contributed by atoms with van der Waals surface area (Å²) in [7, 11) is 1.57. The Morgan fingerprint density at radius 3 is 2.76 bits per heavy atom. The first kappa shape index (κ1) is 17.2. The fourth-order valence-electron chi connectivity index (χ4n) is 2.41. The number of hydrogen-bond acceptors (Lipinski definition) is 4. The van der Waals surface area contributed by atoms with Crippen LogP contribution >= 0.6 is 11.6 Å². The molecule has 2 aromatic carbocycles. The quantitative estimate of drug-likeness (QED) is 0.831. The van der Waals surface area contributed by atoms with Gasteiger partial charge in [-0.3, -0.25) is 4.79 Å². The van der Waals surface area contributed by atoms with Crippen LogP contribution in [0.3, 0.4) is 0 Å². The van der Waals surface area contributed by atoms with Gasteiger partial charge in [-0.15, -0.1) is 0 Å². The highest BCUT2D eigenvalue weighted by atomic mass is 35.5. The van der Waals surface area contributed by atoms with Crippen LogP contribution < -0.4 is 19.5 Å². The maximum atomic E-state index is 12.0. The van der Waals surface area contributed by atoms with E-state index in [1.165, 1.54) is 6.08 Å². The third-order valence-corrected chi connectivity index (χ3v) is 3.91. The Morgan fingerprint density at radius 1 is 1.24 bits per heavy atom. The second kappa shape index (κ2) is 7.94. The molecule has 2 aromatic rings. The van der Waals surface area contributed by atoms with Crippen molar-refractivity contribution in [3.63, 3.8) is 0 Å². The topological polar surface area (TPSA) is 56.8 Å². The highest BCUT2D eigenvalue weighted by Crippen LogP contribution is 2.40. The number of fused-ring (bicyclic) bond motifs is 1. The molecule has 0 aromatic heterocycles. The average Bonchev–Trinajstić information content (AvgIpc) is 2.65. The Labute approximate surface area is 151 Å². The van der Waals surface area contributed by atoms with Gasteiger partial charge in [-0.1, -0.05) is 23.7 Å². The van der Waals surface area contributed by atoms with Crippen molar-refractivity contribution in [2.75, 3.05) is 20.3 Å². The van der Waals surface area contributed by atoms with Gasteiger partial charge in [-0.05, 0) is 41.5 Å². The predicted octanol–water partition coefficient (Wildman–Crippen LogP) is 3.45. The van der Waals surface area contributed by atoms with Gasteiger partial charge in [-0.2, -0.15) is 0 Å². The Morgan fingerprint density at radius 2 is 2.00 bits per heavy atom. The van der Waals surface area contributed by atoms with Crippen LogP contribution in [0.15, 0.2) is 42.5 Å². The van der Waals surface area contributed by atoms with Crippen LogP contribution in [0.5, 0.6) is 17.2 Å². The standard InChI is InChI=1S/C19H18ClNO4/c1-23-16-10-14(11-17-19(16)25-9-8-24-17)4-7-18(22)21-12-13-2-5-15(20)6-3-13/h2-7,10-11H,8-9,12H2,1H3,(H,21,22)/b7-4+. The minimum Gasteiger partial charge on any atom is -0.493 e. The summed E-state index contributed by atoms with van der Waals surface area (Å²) in [5.74, 6) is 1.60. The molecule has 1 aliphatic rings. The molecule has 0 aliphatic carbocycles. The van der Waals surface area contributed by atoms with Gasteiger partial charge in [0.1, 0.15) is 13.2 Å². The third-order valence-electron chi connectivity index (χ3n) is 3.66. The molecule has 0 fully saturated rings. The molecule has 0 bridgehead atoms. The first-order chi connectivity index (χ1) is 12.2. The predicted molar refractivity (Wildman–Crippen MR) is 96.3 cm³/mol. The van der Waals surface area contributed by atoms with E-state index in [-0.39, 0.29) is 5.91 Å². The molecule has 0 unspecified atom stereocenters. The highest BCUT2D eigenvalue weighted by molar-refractivity contribution is 6.30. The number of ether oxygens (including phenoxy) is 3. The fourth-order valence-corrected chi connectivity index (χ4v) is 2.54. The number of carbonyl (C=O) groups is 1. The van der Waals surface area contributed by atoms with E-state index in [1.54, 1.807) is 31.4 Å². The number of nitrogens with one attached hydrogen (secondary N) is 1. The van der Waals surface area contributed by atoms with Crippen LogP contribution in [-0.4, -0.2) is 26.2 Å². The van der Waals surface area contributed by atoms with Crippen LogP contribution in [0.1, 0.15) is 11.1 Å². The van der Waals surface area contributed by atoms with Crippen LogP contribution in [0.4, 0.5) is 0 Å². The second-order valence-electron chi connectivity index (χ2n) is 5.42. The molecule has 0 spiro atoms. The van der Waals surface area contributed by atoms with E-state index in [1.807, 2.05) is 18.2 Å². The Kier molecular flexibility index (Phi) is 5.46. The molecular weight excluding hydrogens is 342 g/mol. The van der Waals surface area contributed by atoms with Gasteiger partial charge in [0.2, 0.25) is 11.7 Å². The lowest BCUT2D eigenvalue weighted by atomic mass is 10.1. The molecule has 6 heteroatoms. The lowest BCUT2D eigenvalue weighted by molar-refractivity contribution is -0.116. The van der Waals surface area contributed by atoms with E-state index in [2.05, 4.69) is 5.32 Å². The van der Waals surface area contributed by atoms with Gasteiger partial charge in [0.05, 0.1) is 7.11 Å². The normalized spacial score (nSPS) is 12.9. The SMILES string of the molecule is COc1cc(/C=C/C(=O)NCc2ccc(Cl)cc2)cc2c1OCCO2. The lowest BCUT2D eigenvalue weighted by Gasteiger charge is -2.20. The molecule has 0 atom stereocenters. The maximum absolute atomic E-state index is 12.0. The van der Waals surface area contributed by atoms with E-state index >= 15 is 0 Å². The van der Waals surface area contributed by atoms with Crippen molar-refractivity contribution in [2.45, 2.75) is 6.54 Å². The molecule has 130 valence electrons. The largest absolute Gasteiger partial charge is 0.493 e. The number of benzene rings is 2. The van der Waals surface area contributed by atoms with Crippen molar-refractivity contribution in [3.8, 4) is 17.2 Å². The van der Waals surface area contributed by atoms with Gasteiger partial charge in [0.25, 0.3) is 0 Å². The monoisotopic (exact) mass is 359 g/mol. The summed E-state index contributed by atoms with van der Waals surface area (Å²) in [5, 5.41) is 3.49. The minimum absolute atomic E-state index is 0.191. The first-order valence-electron chi connectivity index (χ1n) is 7.83. The van der Waals surface area contributed by atoms with E-state index in [0.29, 0.717) is 42.0 Å². The zero-order valence-corrected chi connectivity index (χ0v) is 14.5. The van der Waals surface area contributed by atoms with E-state index in [9.17, 15) is 4.79 Å². The number of carbonyl (C=O) groups excluding carboxylic acids is 1. The molecule has 5 nitrogen and oxygen atoms in total. The minimum atomic E-state index is -0.191. The van der Waals surface area contributed by atoms with Crippen molar-refractivity contribution in [1.29, 1.82) is 0 Å². The van der Waals surface area contributed by atoms with Gasteiger partial charge in [0.15, 0.2) is 11.5 Å². The number of amides is 1. The zero-order valence-electron chi connectivity index (χ0n) is 13.8. The average molecular weight is 360 g/mol. The number of halogens is 1. The molecule has 3 rings (SSSR count). The summed E-state index contributed by atoms with van der Waals surface area (Å²) in [5.41, 5.74) is 1.77. The summed E-state index contributed by atoms with van der Waals surface area (Å²) in [6.45, 7) is 1.42. The van der Waals surface area contributed by atoms with Crippen LogP contribution in [0.25, 0.3) is 6.08 Å². The van der Waals surface area contributed by atoms with E-state index < -0.39 is 0 Å². The molecule has 0 radical (unpaired) electrons. The molecule has 25 heavy (non-hydrogen) atoms. The summed E-state index contributed by atoms with van der Waals surface area (Å²) < 4.78 is 16.5. The van der Waals surface area contributed by atoms with Crippen LogP contribution in [0, 0.1) is 0 Å². The Bertz CT molecular complexity index is 770. The van der Waals surface area contributed by atoms with Gasteiger partial charge >= 0.3 is 0 Å². The fraction of sp³-hybridized carbons (Fsp3) is 0.211. The van der Waals surface area contributed by atoms with Gasteiger partial charge in [0, 0.05) is 17.6 Å². The van der Waals surface area contributed by atoms with Crippen molar-refractivity contribution >= 4 is 23.6 Å². The van der Waals surface area contributed by atoms with Crippen LogP contribution in [-0.2, 0) is 11.3 Å². The van der Waals surface area contributed by atoms with Crippen LogP contribution in [0.2, 0.25) is 5.02 Å². The summed E-state index contributed by atoms with van der Waals surface area (Å²) in [4.78, 5) is 12.0. The van der Waals surface area contributed by atoms with Gasteiger partial charge in [-0.25, -0.2) is 0 Å². The molecule has 0 saturated heterocycles. The lowest BCUT2D eigenvalue weighted by Crippen LogP contribution is -2.20. The van der Waals surface area contributed by atoms with E-state index in [4.69, 9.17) is 25.8 Å². The number of rotatable bonds is 5. The highest BCUT2D eigenvalue weighted by Gasteiger charge is 2.17. The molecule has 0 saturated carbocycles. The molecule has 1 aliphatic heterocycles. The summed E-state index contributed by atoms with van der Waals surface area (Å²) >= 11 is 5.84. The smallest absolute Gasteiger partial charge is 0.244 e. The molecule has 1 N–H and O–H groups in total. The molecule has 1 heterocycles. The number of methoxy groups -OCH3 is 1. The van der Waals surface area contributed by atoms with Gasteiger partial charge < -0.3 is 19.5 Å². The van der Waals surface area contributed by atoms with Crippen molar-refractivity contribution in [3.05, 3.63) is 58.6 Å². The molecule has 1 amide bonds. The van der Waals surface area contributed by atoms with E-state index in [0.717, 1.165) is 11.1 Å². The summed E-state index contributed by atoms with van der Waals surface area (Å²) in [6.07, 6.45) is 3.18. The Hall–Kier alpha value is -2.66. The first-order valence-corrected chi connectivity index (χ1v) is 8.21. The zero-order chi connectivity index (χ0) is 17.6. The summed E-state index contributed by atoms with van der Waals surface area (Å²) in [6, 6.07) is 11.0. The Balaban J connectivity index is 1.64. The third kappa shape index (κ3) is 4.45. The van der Waals surface area contributed by atoms with Crippen molar-refractivity contribution in [2.24, 2.45) is 0 Å². The number of hydrogen-bond donors (Lipinski definition) is 1. The molecular formula is C19H18ClNO4. The van der Waals surface area contributed by atoms with Crippen molar-refractivity contribution < 1.29 is 19.0 Å². The van der Waals surface area contributed by atoms with Crippen molar-refractivity contribution in [1.82, 2.24) is 5.32 Å².